The van der Waals surface area contributed by atoms with E-state index in [1.165, 1.54) is 44.9 Å². The molecule has 0 radical (unpaired) electrons. The van der Waals surface area contributed by atoms with Crippen molar-refractivity contribution < 1.29 is 4.79 Å². The number of nitrogens with zero attached hydrogens (tertiary/aromatic N) is 1. The maximum atomic E-state index is 12.1. The summed E-state index contributed by atoms with van der Waals surface area (Å²) >= 11 is 0. The lowest BCUT2D eigenvalue weighted by atomic mass is 9.86. The lowest BCUT2D eigenvalue weighted by Crippen LogP contribution is -2.30. The summed E-state index contributed by atoms with van der Waals surface area (Å²) in [5.41, 5.74) is 4.00. The molecule has 3 heteroatoms. The number of carbonyl (C=O) groups is 1. The highest BCUT2D eigenvalue weighted by Gasteiger charge is 2.40. The zero-order valence-corrected chi connectivity index (χ0v) is 12.0. The molecule has 1 amide bonds. The Bertz CT molecular complexity index is 371. The second-order valence-corrected chi connectivity index (χ2v) is 6.85. The Morgan fingerprint density at radius 3 is 2.47 bits per heavy atom. The molecule has 3 atom stereocenters. The van der Waals surface area contributed by atoms with Crippen molar-refractivity contribution >= 4 is 11.6 Å². The van der Waals surface area contributed by atoms with Crippen molar-refractivity contribution in [3.05, 3.63) is 0 Å². The first-order valence-corrected chi connectivity index (χ1v) is 8.08. The van der Waals surface area contributed by atoms with Gasteiger partial charge in [0.1, 0.15) is 0 Å². The van der Waals surface area contributed by atoms with Gasteiger partial charge in [0.05, 0.1) is 0 Å². The summed E-state index contributed by atoms with van der Waals surface area (Å²) in [4.78, 5) is 12.1. The van der Waals surface area contributed by atoms with Crippen LogP contribution in [0.25, 0.3) is 0 Å². The molecule has 3 aliphatic carbocycles. The quantitative estimate of drug-likeness (QED) is 0.614. The summed E-state index contributed by atoms with van der Waals surface area (Å²) in [6.07, 6.45) is 11.3. The van der Waals surface area contributed by atoms with Crippen LogP contribution in [0.4, 0.5) is 0 Å². The van der Waals surface area contributed by atoms with Crippen molar-refractivity contribution in [3.8, 4) is 0 Å². The highest BCUT2D eigenvalue weighted by molar-refractivity contribution is 5.87. The van der Waals surface area contributed by atoms with Crippen LogP contribution in [0.3, 0.4) is 0 Å². The molecule has 0 unspecified atom stereocenters. The number of carbonyl (C=O) groups excluding carboxylic acids is 1. The SMILES string of the molecule is C/C(=N/NC(=O)C1CCCCC1)[C@H]1C[C@H]2CC[C@@H]1C2. The molecule has 3 rings (SSSR count). The molecule has 3 nitrogen and oxygen atoms in total. The van der Waals surface area contributed by atoms with Crippen LogP contribution >= 0.6 is 0 Å². The molecule has 3 fully saturated rings. The standard InChI is InChI=1S/C16H26N2O/c1-11(15-10-12-7-8-14(15)9-12)17-18-16(19)13-5-3-2-4-6-13/h12-15H,2-10H2,1H3,(H,18,19)/b17-11-/t12-,14+,15+/m0/s1. The van der Waals surface area contributed by atoms with Crippen LogP contribution in [0, 0.1) is 23.7 Å². The molecule has 0 spiro atoms. The van der Waals surface area contributed by atoms with Gasteiger partial charge in [0.15, 0.2) is 0 Å². The Kier molecular flexibility index (Phi) is 3.90. The molecule has 0 aromatic carbocycles. The molecule has 2 bridgehead atoms. The van der Waals surface area contributed by atoms with Crippen molar-refractivity contribution in [2.24, 2.45) is 28.8 Å². The van der Waals surface area contributed by atoms with Gasteiger partial charge in [-0.05, 0) is 50.9 Å². The van der Waals surface area contributed by atoms with Gasteiger partial charge < -0.3 is 0 Å². The van der Waals surface area contributed by atoms with Crippen LogP contribution in [0.2, 0.25) is 0 Å². The van der Waals surface area contributed by atoms with E-state index in [1.54, 1.807) is 0 Å². The molecule has 0 saturated heterocycles. The molecule has 106 valence electrons. The number of nitrogens with one attached hydrogen (secondary N) is 1. The van der Waals surface area contributed by atoms with E-state index in [-0.39, 0.29) is 11.8 Å². The largest absolute Gasteiger partial charge is 0.273 e. The summed E-state index contributed by atoms with van der Waals surface area (Å²) in [6.45, 7) is 2.10. The summed E-state index contributed by atoms with van der Waals surface area (Å²) in [5, 5.41) is 4.42. The van der Waals surface area contributed by atoms with E-state index < -0.39 is 0 Å². The number of hydrazone groups is 1. The van der Waals surface area contributed by atoms with Crippen molar-refractivity contribution in [2.45, 2.75) is 64.7 Å². The number of amides is 1. The molecule has 1 N–H and O–H groups in total. The van der Waals surface area contributed by atoms with Gasteiger partial charge in [-0.1, -0.05) is 25.7 Å². The van der Waals surface area contributed by atoms with Crippen LogP contribution in [-0.2, 0) is 4.79 Å². The Hall–Kier alpha value is -0.860. The summed E-state index contributed by atoms with van der Waals surface area (Å²) in [7, 11) is 0. The number of hydrogen-bond donors (Lipinski definition) is 1. The van der Waals surface area contributed by atoms with Gasteiger partial charge in [0.25, 0.3) is 0 Å². The van der Waals surface area contributed by atoms with Gasteiger partial charge in [0, 0.05) is 17.5 Å². The topological polar surface area (TPSA) is 41.5 Å². The number of hydrogen-bond acceptors (Lipinski definition) is 2. The molecule has 0 aromatic rings. The molecule has 0 heterocycles. The highest BCUT2D eigenvalue weighted by atomic mass is 16.2. The van der Waals surface area contributed by atoms with Gasteiger partial charge in [-0.2, -0.15) is 5.10 Å². The number of fused-ring (bicyclic) bond motifs is 2. The van der Waals surface area contributed by atoms with E-state index in [0.29, 0.717) is 5.92 Å². The van der Waals surface area contributed by atoms with Gasteiger partial charge >= 0.3 is 0 Å². The average molecular weight is 262 g/mol. The molecule has 0 aliphatic heterocycles. The zero-order valence-electron chi connectivity index (χ0n) is 12.0. The first-order chi connectivity index (χ1) is 9.24. The predicted molar refractivity (Wildman–Crippen MR) is 76.8 cm³/mol. The van der Waals surface area contributed by atoms with Gasteiger partial charge in [0.2, 0.25) is 5.91 Å². The first kappa shape index (κ1) is 13.1. The second-order valence-electron chi connectivity index (χ2n) is 6.85. The maximum Gasteiger partial charge on any atom is 0.243 e. The molecule has 19 heavy (non-hydrogen) atoms. The Morgan fingerprint density at radius 1 is 1.05 bits per heavy atom. The van der Waals surface area contributed by atoms with Crippen molar-refractivity contribution in [1.82, 2.24) is 5.43 Å². The predicted octanol–water partition coefficient (Wildman–Crippen LogP) is 3.50. The highest BCUT2D eigenvalue weighted by Crippen LogP contribution is 2.48. The van der Waals surface area contributed by atoms with E-state index in [0.717, 1.165) is 30.4 Å². The summed E-state index contributed by atoms with van der Waals surface area (Å²) in [5.74, 6) is 2.80. The van der Waals surface area contributed by atoms with Crippen LogP contribution < -0.4 is 5.43 Å². The minimum Gasteiger partial charge on any atom is -0.273 e. The van der Waals surface area contributed by atoms with Crippen LogP contribution in [0.1, 0.15) is 64.7 Å². The van der Waals surface area contributed by atoms with Crippen molar-refractivity contribution in [3.63, 3.8) is 0 Å². The van der Waals surface area contributed by atoms with Crippen LogP contribution in [0.5, 0.6) is 0 Å². The van der Waals surface area contributed by atoms with Crippen molar-refractivity contribution in [1.29, 1.82) is 0 Å². The second kappa shape index (κ2) is 5.64. The maximum absolute atomic E-state index is 12.1. The Labute approximate surface area is 116 Å². The van der Waals surface area contributed by atoms with Gasteiger partial charge in [-0.25, -0.2) is 5.43 Å². The molecule has 3 aliphatic rings. The smallest absolute Gasteiger partial charge is 0.243 e. The summed E-state index contributed by atoms with van der Waals surface area (Å²) < 4.78 is 0. The molecular weight excluding hydrogens is 236 g/mol. The van der Waals surface area contributed by atoms with Crippen LogP contribution in [0.15, 0.2) is 5.10 Å². The van der Waals surface area contributed by atoms with Crippen LogP contribution in [-0.4, -0.2) is 11.6 Å². The van der Waals surface area contributed by atoms with E-state index in [1.807, 2.05) is 0 Å². The van der Waals surface area contributed by atoms with E-state index in [2.05, 4.69) is 17.5 Å². The fourth-order valence-electron chi connectivity index (χ4n) is 4.44. The first-order valence-electron chi connectivity index (χ1n) is 8.08. The fraction of sp³-hybridized carbons (Fsp3) is 0.875. The minimum absolute atomic E-state index is 0.155. The molecule has 0 aromatic heterocycles. The Balaban J connectivity index is 1.52. The summed E-state index contributed by atoms with van der Waals surface area (Å²) in [6, 6.07) is 0. The third kappa shape index (κ3) is 2.85. The molecular formula is C16H26N2O. The van der Waals surface area contributed by atoms with Gasteiger partial charge in [-0.3, -0.25) is 4.79 Å². The van der Waals surface area contributed by atoms with E-state index in [4.69, 9.17) is 0 Å². The van der Waals surface area contributed by atoms with E-state index >= 15 is 0 Å². The van der Waals surface area contributed by atoms with Crippen molar-refractivity contribution in [2.75, 3.05) is 0 Å². The lowest BCUT2D eigenvalue weighted by Gasteiger charge is -2.22. The monoisotopic (exact) mass is 262 g/mol. The van der Waals surface area contributed by atoms with E-state index in [9.17, 15) is 4.79 Å². The third-order valence-electron chi connectivity index (χ3n) is 5.59. The third-order valence-corrected chi connectivity index (χ3v) is 5.59. The average Bonchev–Trinajstić information content (AvgIpc) is 3.08. The number of rotatable bonds is 3. The fourth-order valence-corrected chi connectivity index (χ4v) is 4.44. The van der Waals surface area contributed by atoms with Gasteiger partial charge in [-0.15, -0.1) is 0 Å². The lowest BCUT2D eigenvalue weighted by molar-refractivity contribution is -0.125. The molecule has 3 saturated carbocycles. The minimum atomic E-state index is 0.155. The zero-order chi connectivity index (χ0) is 13.2. The Morgan fingerprint density at radius 2 is 1.84 bits per heavy atom. The normalized spacial score (nSPS) is 35.6.